The number of fused-ring (bicyclic) bond motifs is 1. The third kappa shape index (κ3) is 5.90. The summed E-state index contributed by atoms with van der Waals surface area (Å²) in [6, 6.07) is 4.22. The zero-order valence-electron chi connectivity index (χ0n) is 18.5. The fraction of sp³-hybridized carbons (Fsp3) is 0.409. The van der Waals surface area contributed by atoms with E-state index in [1.807, 2.05) is 24.3 Å². The van der Waals surface area contributed by atoms with Crippen LogP contribution in [0.15, 0.2) is 30.5 Å². The Morgan fingerprint density at radius 3 is 2.65 bits per heavy atom. The number of hydrogen-bond donors (Lipinski definition) is 6. The number of aromatic nitrogens is 1. The summed E-state index contributed by atoms with van der Waals surface area (Å²) in [6.07, 6.45) is 2.34. The van der Waals surface area contributed by atoms with Gasteiger partial charge in [0.05, 0.1) is 19.0 Å². The van der Waals surface area contributed by atoms with E-state index in [4.69, 9.17) is 11.5 Å². The minimum atomic E-state index is -1.19. The van der Waals surface area contributed by atoms with Crippen LogP contribution in [0.4, 0.5) is 0 Å². The molecule has 34 heavy (non-hydrogen) atoms. The largest absolute Gasteiger partial charge is 0.480 e. The second-order valence-electron chi connectivity index (χ2n) is 8.20. The zero-order chi connectivity index (χ0) is 24.8. The van der Waals surface area contributed by atoms with E-state index in [0.717, 1.165) is 16.5 Å². The molecule has 3 atom stereocenters. The van der Waals surface area contributed by atoms with Crippen molar-refractivity contribution >= 4 is 40.5 Å². The monoisotopic (exact) mass is 472 g/mol. The first-order valence-electron chi connectivity index (χ1n) is 10.9. The molecular formula is C22H28N6O6. The zero-order valence-corrected chi connectivity index (χ0v) is 18.5. The topological polar surface area (TPSA) is 201 Å². The molecule has 1 saturated heterocycles. The Morgan fingerprint density at radius 1 is 1.21 bits per heavy atom. The Balaban J connectivity index is 1.60. The second kappa shape index (κ2) is 10.8. The summed E-state index contributed by atoms with van der Waals surface area (Å²) in [7, 11) is 0. The number of likely N-dealkylation sites (tertiary alicyclic amines) is 1. The number of para-hydroxylation sites is 1. The molecule has 2 heterocycles. The highest BCUT2D eigenvalue weighted by Gasteiger charge is 2.36. The molecule has 3 rings (SSSR count). The van der Waals surface area contributed by atoms with Crippen molar-refractivity contribution in [2.24, 2.45) is 11.5 Å². The van der Waals surface area contributed by atoms with Gasteiger partial charge in [0.1, 0.15) is 12.1 Å². The summed E-state index contributed by atoms with van der Waals surface area (Å²) in [4.78, 5) is 64.5. The van der Waals surface area contributed by atoms with Gasteiger partial charge in [0.15, 0.2) is 0 Å². The minimum Gasteiger partial charge on any atom is -0.480 e. The van der Waals surface area contributed by atoms with Crippen LogP contribution < -0.4 is 22.1 Å². The van der Waals surface area contributed by atoms with Gasteiger partial charge in [-0.3, -0.25) is 19.2 Å². The van der Waals surface area contributed by atoms with Gasteiger partial charge in [0.2, 0.25) is 23.6 Å². The molecule has 0 aliphatic carbocycles. The number of nitrogens with zero attached hydrogens (tertiary/aromatic N) is 1. The van der Waals surface area contributed by atoms with Crippen molar-refractivity contribution < 1.29 is 29.1 Å². The molecule has 182 valence electrons. The van der Waals surface area contributed by atoms with Gasteiger partial charge in [-0.2, -0.15) is 0 Å². The molecule has 4 amide bonds. The first-order chi connectivity index (χ1) is 16.2. The molecule has 0 radical (unpaired) electrons. The van der Waals surface area contributed by atoms with Crippen LogP contribution in [0, 0.1) is 0 Å². The van der Waals surface area contributed by atoms with E-state index in [2.05, 4.69) is 15.6 Å². The Hall–Kier alpha value is -3.93. The van der Waals surface area contributed by atoms with Crippen molar-refractivity contribution in [2.75, 3.05) is 13.1 Å². The number of benzene rings is 1. The molecule has 1 aromatic heterocycles. The van der Waals surface area contributed by atoms with Gasteiger partial charge in [-0.25, -0.2) is 4.79 Å². The molecular weight excluding hydrogens is 444 g/mol. The maximum Gasteiger partial charge on any atom is 0.326 e. The first-order valence-corrected chi connectivity index (χ1v) is 10.9. The highest BCUT2D eigenvalue weighted by Crippen LogP contribution is 2.21. The normalized spacial score (nSPS) is 17.2. The standard InChI is InChI=1S/C22H28N6O6/c23-14(9-18(24)29)20(31)26-11-19(30)28-7-3-6-17(28)21(32)27-16(22(33)34)8-12-10-25-15-5-2-1-4-13(12)15/h1-2,4-5,10,14,16-17,25H,3,6-9,11,23H2,(H2,24,29)(H,26,31)(H,27,32)(H,33,34). The van der Waals surface area contributed by atoms with Crippen LogP contribution in [0.1, 0.15) is 24.8 Å². The number of nitrogens with one attached hydrogen (secondary N) is 3. The summed E-state index contributed by atoms with van der Waals surface area (Å²) in [5.41, 5.74) is 12.2. The van der Waals surface area contributed by atoms with E-state index in [9.17, 15) is 29.1 Å². The molecule has 1 aliphatic rings. The van der Waals surface area contributed by atoms with Crippen molar-refractivity contribution in [1.29, 1.82) is 0 Å². The number of aromatic amines is 1. The van der Waals surface area contributed by atoms with E-state index in [0.29, 0.717) is 19.4 Å². The molecule has 8 N–H and O–H groups in total. The number of nitrogens with two attached hydrogens (primary N) is 2. The van der Waals surface area contributed by atoms with Crippen LogP contribution in [0.25, 0.3) is 10.9 Å². The average Bonchev–Trinajstić information content (AvgIpc) is 3.44. The Morgan fingerprint density at radius 2 is 1.94 bits per heavy atom. The van der Waals surface area contributed by atoms with E-state index in [1.165, 1.54) is 4.90 Å². The molecule has 1 fully saturated rings. The lowest BCUT2D eigenvalue weighted by atomic mass is 10.0. The summed E-state index contributed by atoms with van der Waals surface area (Å²) in [5, 5.41) is 15.4. The van der Waals surface area contributed by atoms with Crippen LogP contribution in [-0.4, -0.2) is 75.8 Å². The van der Waals surface area contributed by atoms with Gasteiger partial charge >= 0.3 is 5.97 Å². The molecule has 1 aromatic carbocycles. The molecule has 12 heteroatoms. The fourth-order valence-electron chi connectivity index (χ4n) is 4.03. The third-order valence-electron chi connectivity index (χ3n) is 5.76. The molecule has 0 spiro atoms. The molecule has 0 bridgehead atoms. The number of carbonyl (C=O) groups excluding carboxylic acids is 4. The van der Waals surface area contributed by atoms with Crippen LogP contribution >= 0.6 is 0 Å². The molecule has 3 unspecified atom stereocenters. The fourth-order valence-corrected chi connectivity index (χ4v) is 4.03. The predicted molar refractivity (Wildman–Crippen MR) is 121 cm³/mol. The number of aliphatic carboxylic acids is 1. The number of rotatable bonds is 10. The van der Waals surface area contributed by atoms with Gasteiger partial charge in [-0.1, -0.05) is 18.2 Å². The minimum absolute atomic E-state index is 0.0690. The van der Waals surface area contributed by atoms with Crippen molar-refractivity contribution in [2.45, 2.75) is 43.8 Å². The lowest BCUT2D eigenvalue weighted by Gasteiger charge is -2.26. The van der Waals surface area contributed by atoms with Gasteiger partial charge in [0.25, 0.3) is 0 Å². The van der Waals surface area contributed by atoms with Crippen molar-refractivity contribution in [1.82, 2.24) is 20.5 Å². The highest BCUT2D eigenvalue weighted by molar-refractivity contribution is 5.94. The summed E-state index contributed by atoms with van der Waals surface area (Å²) < 4.78 is 0. The lowest BCUT2D eigenvalue weighted by Crippen LogP contribution is -2.53. The Kier molecular flexibility index (Phi) is 7.84. The van der Waals surface area contributed by atoms with Gasteiger partial charge < -0.3 is 37.1 Å². The first kappa shape index (κ1) is 24.7. The highest BCUT2D eigenvalue weighted by atomic mass is 16.4. The predicted octanol–water partition coefficient (Wildman–Crippen LogP) is -1.41. The number of carboxylic acids is 1. The number of carbonyl (C=O) groups is 5. The Bertz CT molecular complexity index is 1100. The number of carboxylic acid groups (broad SMARTS) is 1. The van der Waals surface area contributed by atoms with Gasteiger partial charge in [-0.05, 0) is 24.5 Å². The quantitative estimate of drug-likeness (QED) is 0.244. The number of hydrogen-bond acceptors (Lipinski definition) is 6. The maximum absolute atomic E-state index is 12.9. The van der Waals surface area contributed by atoms with Crippen molar-refractivity contribution in [3.05, 3.63) is 36.0 Å². The molecule has 0 saturated carbocycles. The van der Waals surface area contributed by atoms with Crippen LogP contribution in [0.5, 0.6) is 0 Å². The van der Waals surface area contributed by atoms with Crippen LogP contribution in [0.2, 0.25) is 0 Å². The SMILES string of the molecule is NC(=O)CC(N)C(=O)NCC(=O)N1CCCC1C(=O)NC(Cc1c[nH]c2ccccc12)C(=O)O. The summed E-state index contributed by atoms with van der Waals surface area (Å²) in [6.45, 7) is -0.118. The lowest BCUT2D eigenvalue weighted by molar-refractivity contribution is -0.144. The van der Waals surface area contributed by atoms with Crippen molar-refractivity contribution in [3.63, 3.8) is 0 Å². The van der Waals surface area contributed by atoms with Gasteiger partial charge in [0, 0.05) is 30.1 Å². The molecule has 12 nitrogen and oxygen atoms in total. The van der Waals surface area contributed by atoms with Crippen molar-refractivity contribution in [3.8, 4) is 0 Å². The molecule has 1 aliphatic heterocycles. The van der Waals surface area contributed by atoms with E-state index < -0.39 is 54.3 Å². The van der Waals surface area contributed by atoms with E-state index in [-0.39, 0.29) is 12.8 Å². The smallest absolute Gasteiger partial charge is 0.326 e. The third-order valence-corrected chi connectivity index (χ3v) is 5.76. The van der Waals surface area contributed by atoms with Crippen LogP contribution in [-0.2, 0) is 30.4 Å². The summed E-state index contributed by atoms with van der Waals surface area (Å²) in [5.74, 6) is -3.73. The second-order valence-corrected chi connectivity index (χ2v) is 8.20. The van der Waals surface area contributed by atoms with Gasteiger partial charge in [-0.15, -0.1) is 0 Å². The number of amides is 4. The number of H-pyrrole nitrogens is 1. The summed E-state index contributed by atoms with van der Waals surface area (Å²) >= 11 is 0. The average molecular weight is 473 g/mol. The number of primary amides is 1. The Labute approximate surface area is 195 Å². The maximum atomic E-state index is 12.9. The molecule has 2 aromatic rings. The van der Waals surface area contributed by atoms with Crippen LogP contribution in [0.3, 0.4) is 0 Å². The van der Waals surface area contributed by atoms with E-state index in [1.54, 1.807) is 6.20 Å². The van der Waals surface area contributed by atoms with E-state index >= 15 is 0 Å².